The summed E-state index contributed by atoms with van der Waals surface area (Å²) in [6, 6.07) is 6.79. The molecule has 98 valence electrons. The van der Waals surface area contributed by atoms with Gasteiger partial charge in [-0.25, -0.2) is 9.97 Å². The van der Waals surface area contributed by atoms with Gasteiger partial charge in [0.15, 0.2) is 0 Å². The van der Waals surface area contributed by atoms with Gasteiger partial charge in [0.2, 0.25) is 5.88 Å². The molecule has 2 aromatic heterocycles. The zero-order chi connectivity index (χ0) is 13.7. The predicted octanol–water partition coefficient (Wildman–Crippen LogP) is 0.997. The molecule has 2 heterocycles. The van der Waals surface area contributed by atoms with Crippen LogP contribution in [0.4, 0.5) is 5.69 Å². The van der Waals surface area contributed by atoms with Gasteiger partial charge in [-0.1, -0.05) is 6.07 Å². The molecule has 6 nitrogen and oxygen atoms in total. The zero-order valence-corrected chi connectivity index (χ0v) is 10.5. The van der Waals surface area contributed by atoms with Gasteiger partial charge in [0, 0.05) is 18.8 Å². The molecule has 0 aliphatic rings. The van der Waals surface area contributed by atoms with Crippen molar-refractivity contribution in [3.63, 3.8) is 0 Å². The highest BCUT2D eigenvalue weighted by Gasteiger charge is 2.06. The Bertz CT molecular complexity index is 552. The Morgan fingerprint density at radius 3 is 2.68 bits per heavy atom. The molecule has 6 heteroatoms. The molecular weight excluding hydrogens is 244 g/mol. The number of carbonyl (C=O) groups is 1. The summed E-state index contributed by atoms with van der Waals surface area (Å²) in [5, 5.41) is 2.75. The topological polar surface area (TPSA) is 90.1 Å². The molecule has 0 spiro atoms. The van der Waals surface area contributed by atoms with Gasteiger partial charge >= 0.3 is 0 Å². The van der Waals surface area contributed by atoms with Gasteiger partial charge in [0.1, 0.15) is 5.69 Å². The van der Waals surface area contributed by atoms with Crippen LogP contribution in [0.3, 0.4) is 0 Å². The van der Waals surface area contributed by atoms with Crippen LogP contribution in [-0.2, 0) is 6.54 Å². The maximum Gasteiger partial charge on any atom is 0.270 e. The van der Waals surface area contributed by atoms with E-state index in [0.29, 0.717) is 23.8 Å². The Labute approximate surface area is 110 Å². The monoisotopic (exact) mass is 258 g/mol. The third-order valence-corrected chi connectivity index (χ3v) is 2.48. The molecule has 0 aliphatic carbocycles. The van der Waals surface area contributed by atoms with Crippen LogP contribution < -0.4 is 15.8 Å². The lowest BCUT2D eigenvalue weighted by Crippen LogP contribution is -2.23. The number of nitrogen functional groups attached to an aromatic ring is 1. The van der Waals surface area contributed by atoms with E-state index in [1.807, 2.05) is 6.07 Å². The molecule has 0 radical (unpaired) electrons. The third-order valence-electron chi connectivity index (χ3n) is 2.48. The van der Waals surface area contributed by atoms with Crippen LogP contribution in [0.1, 0.15) is 16.1 Å². The lowest BCUT2D eigenvalue weighted by atomic mass is 10.2. The van der Waals surface area contributed by atoms with Crippen molar-refractivity contribution in [2.24, 2.45) is 0 Å². The minimum atomic E-state index is -0.254. The van der Waals surface area contributed by atoms with Crippen molar-refractivity contribution in [2.45, 2.75) is 6.54 Å². The van der Waals surface area contributed by atoms with E-state index in [2.05, 4.69) is 15.3 Å². The first-order valence-electron chi connectivity index (χ1n) is 5.67. The molecule has 0 fully saturated rings. The fourth-order valence-electron chi connectivity index (χ4n) is 1.45. The van der Waals surface area contributed by atoms with Crippen molar-refractivity contribution < 1.29 is 9.53 Å². The number of methoxy groups -OCH3 is 1. The van der Waals surface area contributed by atoms with E-state index in [0.717, 1.165) is 5.56 Å². The molecule has 19 heavy (non-hydrogen) atoms. The van der Waals surface area contributed by atoms with Crippen LogP contribution in [0.25, 0.3) is 0 Å². The molecule has 0 bridgehead atoms. The van der Waals surface area contributed by atoms with Crippen molar-refractivity contribution in [1.82, 2.24) is 15.3 Å². The fourth-order valence-corrected chi connectivity index (χ4v) is 1.45. The summed E-state index contributed by atoms with van der Waals surface area (Å²) in [4.78, 5) is 19.8. The van der Waals surface area contributed by atoms with Crippen molar-refractivity contribution in [3.05, 3.63) is 47.9 Å². The zero-order valence-electron chi connectivity index (χ0n) is 10.5. The molecule has 3 N–H and O–H groups in total. The summed E-state index contributed by atoms with van der Waals surface area (Å²) >= 11 is 0. The smallest absolute Gasteiger partial charge is 0.270 e. The Balaban J connectivity index is 1.94. The molecule has 0 aromatic carbocycles. The second-order valence-corrected chi connectivity index (χ2v) is 3.87. The first kappa shape index (κ1) is 12.8. The summed E-state index contributed by atoms with van der Waals surface area (Å²) in [7, 11) is 1.55. The number of nitrogens with one attached hydrogen (secondary N) is 1. The average Bonchev–Trinajstić information content (AvgIpc) is 2.46. The average molecular weight is 258 g/mol. The number of nitrogens with two attached hydrogens (primary N) is 1. The summed E-state index contributed by atoms with van der Waals surface area (Å²) in [5.74, 6) is 0.283. The molecule has 2 aromatic rings. The Morgan fingerprint density at radius 2 is 2.11 bits per heavy atom. The van der Waals surface area contributed by atoms with Crippen LogP contribution in [0.2, 0.25) is 0 Å². The Kier molecular flexibility index (Phi) is 3.92. The van der Waals surface area contributed by atoms with Gasteiger partial charge < -0.3 is 15.8 Å². The number of nitrogens with zero attached hydrogens (tertiary/aromatic N) is 2. The van der Waals surface area contributed by atoms with E-state index in [1.165, 1.54) is 6.20 Å². The van der Waals surface area contributed by atoms with Crippen LogP contribution >= 0.6 is 0 Å². The highest BCUT2D eigenvalue weighted by Crippen LogP contribution is 2.07. The Morgan fingerprint density at radius 1 is 1.26 bits per heavy atom. The van der Waals surface area contributed by atoms with Crippen molar-refractivity contribution >= 4 is 11.6 Å². The van der Waals surface area contributed by atoms with E-state index in [1.54, 1.807) is 31.5 Å². The van der Waals surface area contributed by atoms with Crippen LogP contribution in [0, 0.1) is 0 Å². The van der Waals surface area contributed by atoms with Crippen molar-refractivity contribution in [2.75, 3.05) is 12.8 Å². The van der Waals surface area contributed by atoms with Crippen LogP contribution in [0.5, 0.6) is 5.88 Å². The van der Waals surface area contributed by atoms with E-state index >= 15 is 0 Å². The number of carbonyl (C=O) groups excluding carboxylic acids is 1. The second kappa shape index (κ2) is 5.81. The number of pyridine rings is 2. The quantitative estimate of drug-likeness (QED) is 0.853. The number of ether oxygens (including phenoxy) is 1. The van der Waals surface area contributed by atoms with Gasteiger partial charge in [0.05, 0.1) is 19.0 Å². The maximum absolute atomic E-state index is 11.8. The maximum atomic E-state index is 11.8. The molecule has 2 rings (SSSR count). The molecule has 0 unspecified atom stereocenters. The van der Waals surface area contributed by atoms with E-state index in [-0.39, 0.29) is 5.91 Å². The molecule has 0 aliphatic heterocycles. The van der Waals surface area contributed by atoms with Crippen LogP contribution in [0.15, 0.2) is 36.7 Å². The first-order chi connectivity index (χ1) is 9.19. The number of anilines is 1. The van der Waals surface area contributed by atoms with Gasteiger partial charge in [-0.3, -0.25) is 4.79 Å². The van der Waals surface area contributed by atoms with Gasteiger partial charge in [0.25, 0.3) is 5.91 Å². The molecule has 0 saturated carbocycles. The summed E-state index contributed by atoms with van der Waals surface area (Å²) in [6.07, 6.45) is 3.10. The molecule has 1 amide bonds. The largest absolute Gasteiger partial charge is 0.481 e. The second-order valence-electron chi connectivity index (χ2n) is 3.87. The number of hydrogen-bond donors (Lipinski definition) is 2. The van der Waals surface area contributed by atoms with E-state index in [4.69, 9.17) is 10.5 Å². The first-order valence-corrected chi connectivity index (χ1v) is 5.67. The molecular formula is C13H14N4O2. The number of hydrogen-bond acceptors (Lipinski definition) is 5. The normalized spacial score (nSPS) is 9.95. The standard InChI is InChI=1S/C13H14N4O2/c1-19-12-5-2-9(6-16-12)7-17-13(18)11-4-3-10(14)8-15-11/h2-6,8H,7,14H2,1H3,(H,17,18). The molecule has 0 saturated heterocycles. The SMILES string of the molecule is COc1ccc(CNC(=O)c2ccc(N)cn2)cn1. The third kappa shape index (κ3) is 3.41. The van der Waals surface area contributed by atoms with Crippen molar-refractivity contribution in [1.29, 1.82) is 0 Å². The van der Waals surface area contributed by atoms with Gasteiger partial charge in [-0.05, 0) is 17.7 Å². The number of amides is 1. The minimum absolute atomic E-state index is 0.254. The van der Waals surface area contributed by atoms with Gasteiger partial charge in [-0.2, -0.15) is 0 Å². The summed E-state index contributed by atoms with van der Waals surface area (Å²) in [6.45, 7) is 0.377. The Hall–Kier alpha value is -2.63. The van der Waals surface area contributed by atoms with E-state index < -0.39 is 0 Å². The fraction of sp³-hybridized carbons (Fsp3) is 0.154. The number of aromatic nitrogens is 2. The lowest BCUT2D eigenvalue weighted by molar-refractivity contribution is 0.0946. The highest BCUT2D eigenvalue weighted by atomic mass is 16.5. The number of rotatable bonds is 4. The summed E-state index contributed by atoms with van der Waals surface area (Å²) < 4.78 is 4.95. The van der Waals surface area contributed by atoms with Crippen LogP contribution in [-0.4, -0.2) is 23.0 Å². The van der Waals surface area contributed by atoms with Crippen molar-refractivity contribution in [3.8, 4) is 5.88 Å². The molecule has 0 atom stereocenters. The highest BCUT2D eigenvalue weighted by molar-refractivity contribution is 5.92. The summed E-state index contributed by atoms with van der Waals surface area (Å²) in [5.41, 5.74) is 7.24. The predicted molar refractivity (Wildman–Crippen MR) is 70.6 cm³/mol. The minimum Gasteiger partial charge on any atom is -0.481 e. The van der Waals surface area contributed by atoms with Gasteiger partial charge in [-0.15, -0.1) is 0 Å². The van der Waals surface area contributed by atoms with E-state index in [9.17, 15) is 4.79 Å². The lowest BCUT2D eigenvalue weighted by Gasteiger charge is -2.05.